The summed E-state index contributed by atoms with van der Waals surface area (Å²) in [4.78, 5) is 33.5. The molecule has 23 heavy (non-hydrogen) atoms. The van der Waals surface area contributed by atoms with Crippen molar-refractivity contribution in [2.45, 2.75) is 19.1 Å². The molecule has 0 spiro atoms. The molecule has 2 heterocycles. The highest BCUT2D eigenvalue weighted by atomic mass is 16.5. The zero-order chi connectivity index (χ0) is 16.4. The SMILES string of the molecule is CCN1C[C@@H](NC(=O)c2nc3ccccc3c(=O)[nH]2)[C@H](OC)C1. The third-order valence-corrected chi connectivity index (χ3v) is 4.24. The van der Waals surface area contributed by atoms with E-state index in [-0.39, 0.29) is 23.5 Å². The number of likely N-dealkylation sites (tertiary alicyclic amines) is 1. The van der Waals surface area contributed by atoms with Gasteiger partial charge in [-0.3, -0.25) is 14.5 Å². The van der Waals surface area contributed by atoms with Crippen LogP contribution in [0, 0.1) is 0 Å². The molecule has 0 unspecified atom stereocenters. The smallest absolute Gasteiger partial charge is 0.287 e. The Morgan fingerprint density at radius 3 is 2.96 bits per heavy atom. The zero-order valence-corrected chi connectivity index (χ0v) is 13.2. The molecule has 1 aliphatic heterocycles. The van der Waals surface area contributed by atoms with Crippen LogP contribution in [0.1, 0.15) is 17.5 Å². The number of methoxy groups -OCH3 is 1. The van der Waals surface area contributed by atoms with E-state index in [1.165, 1.54) is 0 Å². The van der Waals surface area contributed by atoms with Gasteiger partial charge in [0.2, 0.25) is 0 Å². The van der Waals surface area contributed by atoms with Gasteiger partial charge in [-0.15, -0.1) is 0 Å². The van der Waals surface area contributed by atoms with Crippen LogP contribution in [0.5, 0.6) is 0 Å². The van der Waals surface area contributed by atoms with Crippen LogP contribution < -0.4 is 10.9 Å². The third kappa shape index (κ3) is 3.11. The van der Waals surface area contributed by atoms with Gasteiger partial charge >= 0.3 is 0 Å². The maximum Gasteiger partial charge on any atom is 0.287 e. The Balaban J connectivity index is 1.82. The zero-order valence-electron chi connectivity index (χ0n) is 13.2. The number of para-hydroxylation sites is 1. The molecule has 1 amide bonds. The Morgan fingerprint density at radius 2 is 2.22 bits per heavy atom. The van der Waals surface area contributed by atoms with Crippen molar-refractivity contribution < 1.29 is 9.53 Å². The first-order chi connectivity index (χ1) is 11.1. The Morgan fingerprint density at radius 1 is 1.43 bits per heavy atom. The second-order valence-corrected chi connectivity index (χ2v) is 5.64. The summed E-state index contributed by atoms with van der Waals surface area (Å²) in [6, 6.07) is 6.82. The molecule has 1 saturated heterocycles. The molecule has 1 aliphatic rings. The molecule has 0 radical (unpaired) electrons. The molecule has 0 aliphatic carbocycles. The lowest BCUT2D eigenvalue weighted by Gasteiger charge is -2.18. The first kappa shape index (κ1) is 15.6. The van der Waals surface area contributed by atoms with Gasteiger partial charge in [0.1, 0.15) is 0 Å². The van der Waals surface area contributed by atoms with Crippen LogP contribution in [-0.4, -0.2) is 59.7 Å². The van der Waals surface area contributed by atoms with Gasteiger partial charge in [-0.25, -0.2) is 4.98 Å². The van der Waals surface area contributed by atoms with Crippen molar-refractivity contribution in [1.82, 2.24) is 20.2 Å². The van der Waals surface area contributed by atoms with Crippen LogP contribution >= 0.6 is 0 Å². The van der Waals surface area contributed by atoms with Gasteiger partial charge in [-0.1, -0.05) is 19.1 Å². The number of ether oxygens (including phenoxy) is 1. The number of benzene rings is 1. The highest BCUT2D eigenvalue weighted by Gasteiger charge is 2.33. The van der Waals surface area contributed by atoms with E-state index in [2.05, 4.69) is 27.1 Å². The third-order valence-electron chi connectivity index (χ3n) is 4.24. The van der Waals surface area contributed by atoms with Crippen LogP contribution in [0.2, 0.25) is 0 Å². The van der Waals surface area contributed by atoms with Gasteiger partial charge in [0.25, 0.3) is 11.5 Å². The van der Waals surface area contributed by atoms with Gasteiger partial charge in [0.05, 0.1) is 23.0 Å². The summed E-state index contributed by atoms with van der Waals surface area (Å²) in [6.07, 6.45) is -0.0638. The number of rotatable bonds is 4. The van der Waals surface area contributed by atoms with E-state index < -0.39 is 5.91 Å². The Bertz CT molecular complexity index is 773. The van der Waals surface area contributed by atoms with Crippen molar-refractivity contribution in [3.8, 4) is 0 Å². The number of carbonyl (C=O) groups is 1. The maximum absolute atomic E-state index is 12.4. The second kappa shape index (κ2) is 6.47. The lowest BCUT2D eigenvalue weighted by atomic mass is 10.2. The van der Waals surface area contributed by atoms with Crippen molar-refractivity contribution >= 4 is 16.8 Å². The number of fused-ring (bicyclic) bond motifs is 1. The number of aromatic amines is 1. The largest absolute Gasteiger partial charge is 0.378 e. The molecule has 0 bridgehead atoms. The number of likely N-dealkylation sites (N-methyl/N-ethyl adjacent to an activating group) is 1. The fourth-order valence-corrected chi connectivity index (χ4v) is 2.92. The van der Waals surface area contributed by atoms with E-state index in [0.717, 1.165) is 19.6 Å². The van der Waals surface area contributed by atoms with Crippen LogP contribution in [-0.2, 0) is 4.74 Å². The van der Waals surface area contributed by atoms with Gasteiger partial charge in [-0.05, 0) is 18.7 Å². The van der Waals surface area contributed by atoms with Crippen LogP contribution in [0.15, 0.2) is 29.1 Å². The van der Waals surface area contributed by atoms with Gasteiger partial charge in [-0.2, -0.15) is 0 Å². The molecule has 3 rings (SSSR count). The van der Waals surface area contributed by atoms with E-state index in [9.17, 15) is 9.59 Å². The van der Waals surface area contributed by atoms with Gasteiger partial charge < -0.3 is 15.0 Å². The van der Waals surface area contributed by atoms with E-state index in [1.54, 1.807) is 31.4 Å². The van der Waals surface area contributed by atoms with E-state index >= 15 is 0 Å². The Labute approximate surface area is 133 Å². The lowest BCUT2D eigenvalue weighted by Crippen LogP contribution is -2.44. The van der Waals surface area contributed by atoms with E-state index in [0.29, 0.717) is 10.9 Å². The summed E-state index contributed by atoms with van der Waals surface area (Å²) in [7, 11) is 1.64. The summed E-state index contributed by atoms with van der Waals surface area (Å²) < 4.78 is 5.44. The molecule has 1 aromatic heterocycles. The number of aromatic nitrogens is 2. The van der Waals surface area contributed by atoms with E-state index in [4.69, 9.17) is 4.74 Å². The number of amides is 1. The molecule has 7 heteroatoms. The number of hydrogen-bond acceptors (Lipinski definition) is 5. The molecule has 7 nitrogen and oxygen atoms in total. The fraction of sp³-hybridized carbons (Fsp3) is 0.438. The second-order valence-electron chi connectivity index (χ2n) is 5.64. The molecule has 2 aromatic rings. The average molecular weight is 316 g/mol. The van der Waals surface area contributed by atoms with Crippen molar-refractivity contribution in [2.75, 3.05) is 26.7 Å². The quantitative estimate of drug-likeness (QED) is 0.851. The molecular weight excluding hydrogens is 296 g/mol. The summed E-state index contributed by atoms with van der Waals surface area (Å²) >= 11 is 0. The standard InChI is InChI=1S/C16H20N4O3/c1-3-20-8-12(13(9-20)23-2)18-16(22)14-17-11-7-5-4-6-10(11)15(21)19-14/h4-7,12-13H,3,8-9H2,1-2H3,(H,18,22)(H,17,19,21)/t12-,13-/m1/s1. The highest BCUT2D eigenvalue weighted by Crippen LogP contribution is 2.13. The molecular formula is C16H20N4O3. The molecule has 122 valence electrons. The minimum absolute atomic E-state index is 0.0264. The molecule has 1 aromatic carbocycles. The topological polar surface area (TPSA) is 87.3 Å². The summed E-state index contributed by atoms with van der Waals surface area (Å²) in [5, 5.41) is 3.38. The first-order valence-electron chi connectivity index (χ1n) is 7.67. The van der Waals surface area contributed by atoms with Gasteiger partial charge in [0.15, 0.2) is 5.82 Å². The predicted octanol–water partition coefficient (Wildman–Crippen LogP) is 0.372. The minimum atomic E-state index is -0.391. The Hall–Kier alpha value is -2.25. The monoisotopic (exact) mass is 316 g/mol. The summed E-state index contributed by atoms with van der Waals surface area (Å²) in [5.74, 6) is -0.364. The summed E-state index contributed by atoms with van der Waals surface area (Å²) in [6.45, 7) is 4.47. The summed E-state index contributed by atoms with van der Waals surface area (Å²) in [5.41, 5.74) is 0.192. The van der Waals surface area contributed by atoms with Crippen molar-refractivity contribution in [1.29, 1.82) is 0 Å². The number of hydrogen-bond donors (Lipinski definition) is 2. The number of nitrogens with one attached hydrogen (secondary N) is 2. The van der Waals surface area contributed by atoms with Crippen LogP contribution in [0.3, 0.4) is 0 Å². The highest BCUT2D eigenvalue weighted by molar-refractivity contribution is 5.92. The number of H-pyrrole nitrogens is 1. The van der Waals surface area contributed by atoms with Crippen molar-refractivity contribution in [3.63, 3.8) is 0 Å². The average Bonchev–Trinajstić information content (AvgIpc) is 2.97. The van der Waals surface area contributed by atoms with Crippen molar-refractivity contribution in [3.05, 3.63) is 40.4 Å². The molecule has 1 fully saturated rings. The number of nitrogens with zero attached hydrogens (tertiary/aromatic N) is 2. The molecule has 0 saturated carbocycles. The van der Waals surface area contributed by atoms with Crippen LogP contribution in [0.4, 0.5) is 0 Å². The predicted molar refractivity (Wildman–Crippen MR) is 86.5 cm³/mol. The van der Waals surface area contributed by atoms with E-state index in [1.807, 2.05) is 0 Å². The minimum Gasteiger partial charge on any atom is -0.378 e. The van der Waals surface area contributed by atoms with Gasteiger partial charge in [0, 0.05) is 20.2 Å². The first-order valence-corrected chi connectivity index (χ1v) is 7.67. The maximum atomic E-state index is 12.4. The Kier molecular flexibility index (Phi) is 4.40. The normalized spacial score (nSPS) is 21.7. The van der Waals surface area contributed by atoms with Crippen molar-refractivity contribution in [2.24, 2.45) is 0 Å². The van der Waals surface area contributed by atoms with Crippen LogP contribution in [0.25, 0.3) is 10.9 Å². The molecule has 2 atom stereocenters. The lowest BCUT2D eigenvalue weighted by molar-refractivity contribution is 0.0756. The number of carbonyl (C=O) groups excluding carboxylic acids is 1. The molecule has 2 N–H and O–H groups in total. The fourth-order valence-electron chi connectivity index (χ4n) is 2.92.